The number of fused-ring (bicyclic) bond motifs is 1. The van der Waals surface area contributed by atoms with Gasteiger partial charge in [0.05, 0.1) is 24.7 Å². The molecule has 3 aromatic rings. The lowest BCUT2D eigenvalue weighted by Gasteiger charge is -2.35. The first-order chi connectivity index (χ1) is 14.5. The highest BCUT2D eigenvalue weighted by atomic mass is 19.2. The highest BCUT2D eigenvalue weighted by Gasteiger charge is 2.36. The van der Waals surface area contributed by atoms with Crippen LogP contribution in [-0.4, -0.2) is 40.5 Å². The van der Waals surface area contributed by atoms with E-state index in [0.29, 0.717) is 17.8 Å². The van der Waals surface area contributed by atoms with E-state index >= 15 is 0 Å². The number of H-pyrrole nitrogens is 1. The highest BCUT2D eigenvalue weighted by Crippen LogP contribution is 2.35. The molecule has 0 radical (unpaired) electrons. The molecular formula is C21H18F2N4O3. The normalized spacial score (nSPS) is 15.4. The molecule has 1 aromatic heterocycles. The van der Waals surface area contributed by atoms with E-state index in [9.17, 15) is 18.4 Å². The van der Waals surface area contributed by atoms with Gasteiger partial charge >= 0.3 is 12.0 Å². The summed E-state index contributed by atoms with van der Waals surface area (Å²) in [5.41, 5.74) is 1.89. The summed E-state index contributed by atoms with van der Waals surface area (Å²) in [5, 5.41) is 2.71. The number of nitrogens with zero attached hydrogens (tertiary/aromatic N) is 2. The first-order valence-corrected chi connectivity index (χ1v) is 9.21. The SMILES string of the molecule is COC(=O)c1cccc(NC(=O)N2CCc3[nH]cnc3[C@H]2c2cccc(F)c2F)c1. The van der Waals surface area contributed by atoms with Gasteiger partial charge in [-0.25, -0.2) is 23.4 Å². The van der Waals surface area contributed by atoms with Crippen molar-refractivity contribution in [2.45, 2.75) is 12.5 Å². The molecule has 0 bridgehead atoms. The van der Waals surface area contributed by atoms with Crippen molar-refractivity contribution in [1.82, 2.24) is 14.9 Å². The van der Waals surface area contributed by atoms with Gasteiger partial charge in [-0.05, 0) is 24.3 Å². The second-order valence-corrected chi connectivity index (χ2v) is 6.76. The molecule has 2 aromatic carbocycles. The molecule has 1 aliphatic rings. The Hall–Kier alpha value is -3.75. The molecule has 2 N–H and O–H groups in total. The Bertz CT molecular complexity index is 1120. The first-order valence-electron chi connectivity index (χ1n) is 9.21. The average molecular weight is 412 g/mol. The minimum Gasteiger partial charge on any atom is -0.465 e. The van der Waals surface area contributed by atoms with Crippen LogP contribution in [0.15, 0.2) is 48.8 Å². The summed E-state index contributed by atoms with van der Waals surface area (Å²) in [6.45, 7) is 0.262. The van der Waals surface area contributed by atoms with E-state index in [1.54, 1.807) is 18.2 Å². The largest absolute Gasteiger partial charge is 0.465 e. The van der Waals surface area contributed by atoms with E-state index in [2.05, 4.69) is 15.3 Å². The van der Waals surface area contributed by atoms with Crippen molar-refractivity contribution >= 4 is 17.7 Å². The number of benzene rings is 2. The number of imidazole rings is 1. The van der Waals surface area contributed by atoms with Crippen LogP contribution in [0.5, 0.6) is 0 Å². The van der Waals surface area contributed by atoms with Crippen LogP contribution in [0, 0.1) is 11.6 Å². The number of methoxy groups -OCH3 is 1. The number of nitrogens with one attached hydrogen (secondary N) is 2. The molecule has 0 aliphatic carbocycles. The van der Waals surface area contributed by atoms with Crippen molar-refractivity contribution in [1.29, 1.82) is 0 Å². The second kappa shape index (κ2) is 7.94. The number of rotatable bonds is 3. The van der Waals surface area contributed by atoms with Gasteiger partial charge in [-0.15, -0.1) is 0 Å². The van der Waals surface area contributed by atoms with Crippen LogP contribution in [-0.2, 0) is 11.2 Å². The molecule has 0 saturated carbocycles. The minimum absolute atomic E-state index is 0.0153. The third kappa shape index (κ3) is 3.49. The molecule has 0 unspecified atom stereocenters. The van der Waals surface area contributed by atoms with Crippen LogP contribution < -0.4 is 5.32 Å². The van der Waals surface area contributed by atoms with Crippen LogP contribution in [0.25, 0.3) is 0 Å². The number of anilines is 1. The molecule has 1 aliphatic heterocycles. The fourth-order valence-electron chi connectivity index (χ4n) is 3.58. The van der Waals surface area contributed by atoms with Gasteiger partial charge in [-0.2, -0.15) is 0 Å². The summed E-state index contributed by atoms with van der Waals surface area (Å²) in [6, 6.07) is 8.68. The van der Waals surface area contributed by atoms with E-state index < -0.39 is 29.7 Å². The van der Waals surface area contributed by atoms with Gasteiger partial charge in [0.15, 0.2) is 11.6 Å². The number of carbonyl (C=O) groups is 2. The number of hydrogen-bond donors (Lipinski definition) is 2. The molecule has 30 heavy (non-hydrogen) atoms. The molecule has 4 rings (SSSR count). The Labute approximate surface area is 170 Å². The number of esters is 1. The Morgan fingerprint density at radius 1 is 1.23 bits per heavy atom. The Balaban J connectivity index is 1.68. The molecule has 9 heteroatoms. The number of aromatic amines is 1. The van der Waals surface area contributed by atoms with Gasteiger partial charge in [-0.3, -0.25) is 0 Å². The zero-order valence-corrected chi connectivity index (χ0v) is 16.0. The molecule has 2 amide bonds. The predicted molar refractivity (Wildman–Crippen MR) is 104 cm³/mol. The van der Waals surface area contributed by atoms with Crippen molar-refractivity contribution < 1.29 is 23.1 Å². The molecule has 0 spiro atoms. The zero-order valence-electron chi connectivity index (χ0n) is 16.0. The quantitative estimate of drug-likeness (QED) is 0.643. The minimum atomic E-state index is -1.02. The van der Waals surface area contributed by atoms with E-state index in [1.165, 1.54) is 36.5 Å². The van der Waals surface area contributed by atoms with Crippen LogP contribution in [0.3, 0.4) is 0 Å². The lowest BCUT2D eigenvalue weighted by atomic mass is 9.95. The van der Waals surface area contributed by atoms with Gasteiger partial charge in [0.1, 0.15) is 6.04 Å². The second-order valence-electron chi connectivity index (χ2n) is 6.76. The molecule has 2 heterocycles. The van der Waals surface area contributed by atoms with Gasteiger partial charge in [-0.1, -0.05) is 18.2 Å². The Morgan fingerprint density at radius 3 is 2.83 bits per heavy atom. The fourth-order valence-corrected chi connectivity index (χ4v) is 3.58. The third-order valence-corrected chi connectivity index (χ3v) is 5.00. The summed E-state index contributed by atoms with van der Waals surface area (Å²) < 4.78 is 33.2. The summed E-state index contributed by atoms with van der Waals surface area (Å²) in [5.74, 6) is -2.56. The molecular weight excluding hydrogens is 394 g/mol. The number of carbonyl (C=O) groups excluding carboxylic acids is 2. The van der Waals surface area contributed by atoms with Crippen molar-refractivity contribution in [2.24, 2.45) is 0 Å². The number of ether oxygens (including phenoxy) is 1. The lowest BCUT2D eigenvalue weighted by molar-refractivity contribution is 0.0600. The molecule has 1 atom stereocenters. The van der Waals surface area contributed by atoms with Gasteiger partial charge < -0.3 is 19.9 Å². The maximum absolute atomic E-state index is 14.6. The zero-order chi connectivity index (χ0) is 21.3. The number of halogens is 2. The first kappa shape index (κ1) is 19.6. The standard InChI is InChI=1S/C21H18F2N4O3/c1-30-20(28)12-4-2-5-13(10-12)26-21(29)27-9-8-16-18(25-11-24-16)19(27)14-6-3-7-15(22)17(14)23/h2-7,10-11,19H,8-9H2,1H3,(H,24,25)(H,26,29)/t19-/m1/s1. The van der Waals surface area contributed by atoms with Crippen LogP contribution in [0.2, 0.25) is 0 Å². The lowest BCUT2D eigenvalue weighted by Crippen LogP contribution is -2.43. The molecule has 0 fully saturated rings. The fraction of sp³-hybridized carbons (Fsp3) is 0.190. The van der Waals surface area contributed by atoms with Gasteiger partial charge in [0.25, 0.3) is 0 Å². The number of aromatic nitrogens is 2. The Kier molecular flexibility index (Phi) is 5.18. The summed E-state index contributed by atoms with van der Waals surface area (Å²) in [7, 11) is 1.26. The maximum Gasteiger partial charge on any atom is 0.337 e. The van der Waals surface area contributed by atoms with E-state index in [4.69, 9.17) is 4.74 Å². The van der Waals surface area contributed by atoms with Crippen LogP contribution in [0.4, 0.5) is 19.3 Å². The topological polar surface area (TPSA) is 87.3 Å². The van der Waals surface area contributed by atoms with Crippen molar-refractivity contribution in [3.8, 4) is 0 Å². The maximum atomic E-state index is 14.6. The molecule has 0 saturated heterocycles. The molecule has 154 valence electrons. The Morgan fingerprint density at radius 2 is 2.03 bits per heavy atom. The summed E-state index contributed by atoms with van der Waals surface area (Å²) >= 11 is 0. The smallest absolute Gasteiger partial charge is 0.337 e. The summed E-state index contributed by atoms with van der Waals surface area (Å²) in [4.78, 5) is 33.4. The third-order valence-electron chi connectivity index (χ3n) is 5.00. The average Bonchev–Trinajstić information content (AvgIpc) is 3.23. The number of amides is 2. The summed E-state index contributed by atoms with van der Waals surface area (Å²) in [6.07, 6.45) is 1.95. The number of urea groups is 1. The number of hydrogen-bond acceptors (Lipinski definition) is 4. The monoisotopic (exact) mass is 412 g/mol. The van der Waals surface area contributed by atoms with E-state index in [1.807, 2.05) is 0 Å². The van der Waals surface area contributed by atoms with Crippen molar-refractivity contribution in [3.63, 3.8) is 0 Å². The van der Waals surface area contributed by atoms with Crippen molar-refractivity contribution in [2.75, 3.05) is 19.0 Å². The van der Waals surface area contributed by atoms with Gasteiger partial charge in [0.2, 0.25) is 0 Å². The van der Waals surface area contributed by atoms with E-state index in [-0.39, 0.29) is 17.7 Å². The van der Waals surface area contributed by atoms with E-state index in [0.717, 1.165) is 11.8 Å². The highest BCUT2D eigenvalue weighted by molar-refractivity contribution is 5.94. The van der Waals surface area contributed by atoms with Crippen LogP contribution in [0.1, 0.15) is 33.4 Å². The molecule has 7 nitrogen and oxygen atoms in total. The predicted octanol–water partition coefficient (Wildman–Crippen LogP) is 3.65. The van der Waals surface area contributed by atoms with Crippen molar-refractivity contribution in [3.05, 3.63) is 82.9 Å². The van der Waals surface area contributed by atoms with Crippen LogP contribution >= 0.6 is 0 Å². The van der Waals surface area contributed by atoms with Gasteiger partial charge in [0, 0.05) is 29.9 Å².